The van der Waals surface area contributed by atoms with Gasteiger partial charge in [0.1, 0.15) is 0 Å². The summed E-state index contributed by atoms with van der Waals surface area (Å²) in [5.74, 6) is 0. The van der Waals surface area contributed by atoms with Crippen molar-refractivity contribution in [2.24, 2.45) is 0 Å². The van der Waals surface area contributed by atoms with Gasteiger partial charge >= 0.3 is 6.18 Å². The van der Waals surface area contributed by atoms with Gasteiger partial charge in [0, 0.05) is 0 Å². The van der Waals surface area contributed by atoms with Crippen LogP contribution in [-0.2, 0) is 12.6 Å². The predicted molar refractivity (Wildman–Crippen MR) is 75.9 cm³/mol. The fourth-order valence-electron chi connectivity index (χ4n) is 2.24. The van der Waals surface area contributed by atoms with Crippen molar-refractivity contribution in [2.75, 3.05) is 0 Å². The number of aliphatic hydroxyl groups excluding tert-OH is 1. The number of rotatable bonds is 4. The van der Waals surface area contributed by atoms with E-state index in [1.807, 2.05) is 31.2 Å². The molecule has 4 heteroatoms. The number of aryl methyl sites for hydroxylation is 2. The highest BCUT2D eigenvalue weighted by molar-refractivity contribution is 5.28. The maximum Gasteiger partial charge on any atom is 0.416 e. The molecule has 21 heavy (non-hydrogen) atoms. The van der Waals surface area contributed by atoms with Gasteiger partial charge in [-0.15, -0.1) is 0 Å². The molecule has 1 atom stereocenters. The molecule has 0 saturated heterocycles. The molecule has 1 N–H and O–H groups in total. The van der Waals surface area contributed by atoms with E-state index in [2.05, 4.69) is 0 Å². The number of hydrogen-bond acceptors (Lipinski definition) is 1. The quantitative estimate of drug-likeness (QED) is 0.868. The van der Waals surface area contributed by atoms with Crippen LogP contribution >= 0.6 is 0 Å². The molecule has 0 aliphatic heterocycles. The average molecular weight is 294 g/mol. The summed E-state index contributed by atoms with van der Waals surface area (Å²) in [7, 11) is 0. The molecule has 0 heterocycles. The maximum atomic E-state index is 12.5. The molecule has 0 radical (unpaired) electrons. The third kappa shape index (κ3) is 4.08. The summed E-state index contributed by atoms with van der Waals surface area (Å²) in [6.45, 7) is 2.00. The largest absolute Gasteiger partial charge is 0.416 e. The first-order valence-electron chi connectivity index (χ1n) is 6.77. The minimum Gasteiger partial charge on any atom is -0.388 e. The van der Waals surface area contributed by atoms with Crippen LogP contribution in [0.4, 0.5) is 13.2 Å². The van der Waals surface area contributed by atoms with Gasteiger partial charge in [0.05, 0.1) is 11.7 Å². The Balaban J connectivity index is 2.01. The van der Waals surface area contributed by atoms with Gasteiger partial charge in [0.25, 0.3) is 0 Å². The molecule has 0 amide bonds. The monoisotopic (exact) mass is 294 g/mol. The van der Waals surface area contributed by atoms with E-state index in [1.165, 1.54) is 12.1 Å². The van der Waals surface area contributed by atoms with Crippen LogP contribution in [0, 0.1) is 6.92 Å². The molecule has 2 rings (SSSR count). The van der Waals surface area contributed by atoms with Crippen LogP contribution in [0.1, 0.15) is 34.8 Å². The molecule has 0 saturated carbocycles. The average Bonchev–Trinajstić information content (AvgIpc) is 2.45. The highest BCUT2D eigenvalue weighted by Crippen LogP contribution is 2.30. The summed E-state index contributed by atoms with van der Waals surface area (Å²) in [5.41, 5.74) is 2.11. The van der Waals surface area contributed by atoms with Crippen molar-refractivity contribution in [1.29, 1.82) is 0 Å². The summed E-state index contributed by atoms with van der Waals surface area (Å²) in [4.78, 5) is 0. The second-order valence-electron chi connectivity index (χ2n) is 5.10. The summed E-state index contributed by atoms with van der Waals surface area (Å²) < 4.78 is 37.4. The van der Waals surface area contributed by atoms with Crippen LogP contribution in [0.25, 0.3) is 0 Å². The van der Waals surface area contributed by atoms with E-state index >= 15 is 0 Å². The van der Waals surface area contributed by atoms with Crippen LogP contribution in [0.2, 0.25) is 0 Å². The van der Waals surface area contributed by atoms with Crippen molar-refractivity contribution in [1.82, 2.24) is 0 Å². The Morgan fingerprint density at radius 3 is 2.19 bits per heavy atom. The molecule has 0 spiro atoms. The first-order chi connectivity index (χ1) is 9.88. The zero-order valence-corrected chi connectivity index (χ0v) is 11.7. The second kappa shape index (κ2) is 6.31. The molecule has 0 aromatic heterocycles. The van der Waals surface area contributed by atoms with E-state index in [4.69, 9.17) is 0 Å². The van der Waals surface area contributed by atoms with Crippen LogP contribution in [0.3, 0.4) is 0 Å². The lowest BCUT2D eigenvalue weighted by atomic mass is 9.98. The van der Waals surface area contributed by atoms with E-state index < -0.39 is 17.8 Å². The van der Waals surface area contributed by atoms with Crippen molar-refractivity contribution >= 4 is 0 Å². The summed E-state index contributed by atoms with van der Waals surface area (Å²) in [5, 5.41) is 10.1. The number of hydrogen-bond donors (Lipinski definition) is 1. The molecule has 2 aromatic rings. The SMILES string of the molecule is Cc1ccccc1CCC(O)c1ccc(C(F)(F)F)cc1. The van der Waals surface area contributed by atoms with Gasteiger partial charge < -0.3 is 5.11 Å². The van der Waals surface area contributed by atoms with E-state index in [0.717, 1.165) is 23.3 Å². The molecular weight excluding hydrogens is 277 g/mol. The minimum absolute atomic E-state index is 0.482. The topological polar surface area (TPSA) is 20.2 Å². The third-order valence-electron chi connectivity index (χ3n) is 3.57. The van der Waals surface area contributed by atoms with Crippen LogP contribution in [-0.4, -0.2) is 5.11 Å². The van der Waals surface area contributed by atoms with Gasteiger partial charge in [-0.05, 0) is 48.6 Å². The fourth-order valence-corrected chi connectivity index (χ4v) is 2.24. The normalized spacial score (nSPS) is 13.2. The molecule has 1 nitrogen and oxygen atoms in total. The van der Waals surface area contributed by atoms with Gasteiger partial charge in [0.2, 0.25) is 0 Å². The summed E-state index contributed by atoms with van der Waals surface area (Å²) >= 11 is 0. The maximum absolute atomic E-state index is 12.5. The molecule has 0 aliphatic rings. The zero-order chi connectivity index (χ0) is 15.5. The standard InChI is InChI=1S/C17H17F3O/c1-12-4-2-3-5-13(12)8-11-16(21)14-6-9-15(10-7-14)17(18,19)20/h2-7,9-10,16,21H,8,11H2,1H3. The van der Waals surface area contributed by atoms with Gasteiger partial charge in [-0.2, -0.15) is 13.2 Å². The number of alkyl halides is 3. The van der Waals surface area contributed by atoms with Crippen LogP contribution < -0.4 is 0 Å². The van der Waals surface area contributed by atoms with Crippen molar-refractivity contribution in [2.45, 2.75) is 32.0 Å². The molecule has 0 fully saturated rings. The lowest BCUT2D eigenvalue weighted by Crippen LogP contribution is -2.06. The Bertz CT molecular complexity index is 588. The van der Waals surface area contributed by atoms with Crippen molar-refractivity contribution < 1.29 is 18.3 Å². The Morgan fingerprint density at radius 2 is 1.62 bits per heavy atom. The van der Waals surface area contributed by atoms with E-state index in [1.54, 1.807) is 0 Å². The fraction of sp³-hybridized carbons (Fsp3) is 0.294. The van der Waals surface area contributed by atoms with Gasteiger partial charge in [-0.25, -0.2) is 0 Å². The van der Waals surface area contributed by atoms with Gasteiger partial charge in [-0.1, -0.05) is 36.4 Å². The zero-order valence-electron chi connectivity index (χ0n) is 11.7. The lowest BCUT2D eigenvalue weighted by molar-refractivity contribution is -0.137. The molecule has 112 valence electrons. The Morgan fingerprint density at radius 1 is 1.00 bits per heavy atom. The molecule has 1 unspecified atom stereocenters. The molecule has 0 bridgehead atoms. The third-order valence-corrected chi connectivity index (χ3v) is 3.57. The predicted octanol–water partition coefficient (Wildman–Crippen LogP) is 4.68. The van der Waals surface area contributed by atoms with Crippen LogP contribution in [0.15, 0.2) is 48.5 Å². The Labute approximate surface area is 122 Å². The van der Waals surface area contributed by atoms with Crippen molar-refractivity contribution in [3.63, 3.8) is 0 Å². The first-order valence-corrected chi connectivity index (χ1v) is 6.77. The highest BCUT2D eigenvalue weighted by Gasteiger charge is 2.30. The van der Waals surface area contributed by atoms with Gasteiger partial charge in [-0.3, -0.25) is 0 Å². The number of halogens is 3. The highest BCUT2D eigenvalue weighted by atomic mass is 19.4. The number of benzene rings is 2. The Hall–Kier alpha value is -1.81. The first kappa shape index (κ1) is 15.6. The lowest BCUT2D eigenvalue weighted by Gasteiger charge is -2.13. The number of aliphatic hydroxyl groups is 1. The summed E-state index contributed by atoms with van der Waals surface area (Å²) in [6, 6.07) is 12.6. The molecular formula is C17H17F3O. The van der Waals surface area contributed by atoms with E-state index in [9.17, 15) is 18.3 Å². The smallest absolute Gasteiger partial charge is 0.388 e. The Kier molecular flexibility index (Phi) is 4.68. The second-order valence-corrected chi connectivity index (χ2v) is 5.10. The molecule has 0 aliphatic carbocycles. The van der Waals surface area contributed by atoms with E-state index in [0.29, 0.717) is 18.4 Å². The minimum atomic E-state index is -4.34. The van der Waals surface area contributed by atoms with Crippen LogP contribution in [0.5, 0.6) is 0 Å². The van der Waals surface area contributed by atoms with Crippen molar-refractivity contribution in [3.05, 3.63) is 70.8 Å². The van der Waals surface area contributed by atoms with E-state index in [-0.39, 0.29) is 0 Å². The van der Waals surface area contributed by atoms with Crippen molar-refractivity contribution in [3.8, 4) is 0 Å². The molecule has 2 aromatic carbocycles. The summed E-state index contributed by atoms with van der Waals surface area (Å²) in [6.07, 6.45) is -3.93. The van der Waals surface area contributed by atoms with Gasteiger partial charge in [0.15, 0.2) is 0 Å².